The number of carbonyl (C=O) groups excluding carboxylic acids is 2. The first-order chi connectivity index (χ1) is 17.0. The Labute approximate surface area is 238 Å². The third-order valence-corrected chi connectivity index (χ3v) is 6.71. The fraction of sp³-hybridized carbons (Fsp3) is 0.154. The van der Waals surface area contributed by atoms with Gasteiger partial charge in [0, 0.05) is 23.5 Å². The SMILES string of the molecule is Br.CSc1nccc(C(Br)C(=O)c2ccccc2)n1.CSc1nccc(CC(=O)c2ccccc2)n1. The van der Waals surface area contributed by atoms with Gasteiger partial charge < -0.3 is 0 Å². The van der Waals surface area contributed by atoms with Crippen LogP contribution >= 0.6 is 56.4 Å². The molecule has 0 N–H and O–H groups in total. The quantitative estimate of drug-likeness (QED) is 0.0902. The molecular formula is C26H24Br2N4O2S2. The van der Waals surface area contributed by atoms with E-state index < -0.39 is 4.83 Å². The summed E-state index contributed by atoms with van der Waals surface area (Å²) in [5, 5.41) is 1.36. The minimum absolute atomic E-state index is 0. The third kappa shape index (κ3) is 8.92. The van der Waals surface area contributed by atoms with Crippen LogP contribution in [0.1, 0.15) is 36.9 Å². The van der Waals surface area contributed by atoms with Crippen LogP contribution < -0.4 is 0 Å². The number of hydrogen-bond donors (Lipinski definition) is 0. The van der Waals surface area contributed by atoms with E-state index in [4.69, 9.17) is 0 Å². The summed E-state index contributed by atoms with van der Waals surface area (Å²) in [5.74, 6) is 0.0812. The monoisotopic (exact) mass is 646 g/mol. The van der Waals surface area contributed by atoms with Crippen LogP contribution in [0.4, 0.5) is 0 Å². The van der Waals surface area contributed by atoms with E-state index in [0.29, 0.717) is 28.0 Å². The second kappa shape index (κ2) is 15.7. The Morgan fingerprint density at radius 3 is 1.89 bits per heavy atom. The van der Waals surface area contributed by atoms with Crippen molar-refractivity contribution in [2.75, 3.05) is 12.5 Å². The lowest BCUT2D eigenvalue weighted by Gasteiger charge is -2.08. The lowest BCUT2D eigenvalue weighted by atomic mass is 10.1. The predicted molar refractivity (Wildman–Crippen MR) is 155 cm³/mol. The molecule has 2 aromatic heterocycles. The molecule has 0 saturated carbocycles. The highest BCUT2D eigenvalue weighted by Gasteiger charge is 2.20. The Kier molecular flexibility index (Phi) is 13.0. The van der Waals surface area contributed by atoms with Crippen molar-refractivity contribution in [3.8, 4) is 0 Å². The maximum Gasteiger partial charge on any atom is 0.187 e. The van der Waals surface area contributed by atoms with Crippen molar-refractivity contribution < 1.29 is 9.59 Å². The second-order valence-corrected chi connectivity index (χ2v) is 9.52. The van der Waals surface area contributed by atoms with E-state index in [1.54, 1.807) is 36.7 Å². The van der Waals surface area contributed by atoms with Gasteiger partial charge in [0.2, 0.25) is 0 Å². The van der Waals surface area contributed by atoms with Crippen molar-refractivity contribution >= 4 is 68.0 Å². The molecule has 1 unspecified atom stereocenters. The number of halogens is 2. The summed E-state index contributed by atoms with van der Waals surface area (Å²) >= 11 is 6.33. The number of aromatic nitrogens is 4. The van der Waals surface area contributed by atoms with Crippen molar-refractivity contribution in [3.63, 3.8) is 0 Å². The molecule has 36 heavy (non-hydrogen) atoms. The predicted octanol–water partition coefficient (Wildman–Crippen LogP) is 6.72. The van der Waals surface area contributed by atoms with Crippen molar-refractivity contribution in [3.05, 3.63) is 108 Å². The Morgan fingerprint density at radius 1 is 0.778 bits per heavy atom. The van der Waals surface area contributed by atoms with Crippen LogP contribution in [0.25, 0.3) is 0 Å². The molecule has 1 atom stereocenters. The van der Waals surface area contributed by atoms with Crippen LogP contribution in [-0.4, -0.2) is 44.0 Å². The highest BCUT2D eigenvalue weighted by Crippen LogP contribution is 2.26. The van der Waals surface area contributed by atoms with Gasteiger partial charge in [-0.25, -0.2) is 19.9 Å². The first-order valence-corrected chi connectivity index (χ1v) is 13.9. The summed E-state index contributed by atoms with van der Waals surface area (Å²) in [6.45, 7) is 0. The lowest BCUT2D eigenvalue weighted by Crippen LogP contribution is -2.09. The first-order valence-electron chi connectivity index (χ1n) is 10.6. The smallest absolute Gasteiger partial charge is 0.187 e. The largest absolute Gasteiger partial charge is 0.294 e. The van der Waals surface area contributed by atoms with Crippen LogP contribution in [0.3, 0.4) is 0 Å². The molecule has 4 rings (SSSR count). The van der Waals surface area contributed by atoms with Crippen LogP contribution in [0.15, 0.2) is 95.5 Å². The number of ketones is 2. The van der Waals surface area contributed by atoms with E-state index in [-0.39, 0.29) is 28.5 Å². The molecule has 0 fully saturated rings. The molecule has 6 nitrogen and oxygen atoms in total. The van der Waals surface area contributed by atoms with Gasteiger partial charge >= 0.3 is 0 Å². The molecule has 186 valence electrons. The lowest BCUT2D eigenvalue weighted by molar-refractivity contribution is 0.0982. The average Bonchev–Trinajstić information content (AvgIpc) is 2.93. The van der Waals surface area contributed by atoms with Crippen LogP contribution in [0.5, 0.6) is 0 Å². The van der Waals surface area contributed by atoms with Gasteiger partial charge in [0.1, 0.15) is 4.83 Å². The minimum Gasteiger partial charge on any atom is -0.294 e. The molecule has 0 bridgehead atoms. The Morgan fingerprint density at radius 2 is 1.31 bits per heavy atom. The zero-order valence-corrected chi connectivity index (χ0v) is 24.5. The fourth-order valence-electron chi connectivity index (χ4n) is 2.94. The summed E-state index contributed by atoms with van der Waals surface area (Å²) in [6.07, 6.45) is 7.49. The van der Waals surface area contributed by atoms with Crippen molar-refractivity contribution in [2.24, 2.45) is 0 Å². The van der Waals surface area contributed by atoms with E-state index in [2.05, 4.69) is 35.9 Å². The summed E-state index contributed by atoms with van der Waals surface area (Å²) in [5.41, 5.74) is 2.84. The van der Waals surface area contributed by atoms with Crippen LogP contribution in [0, 0.1) is 0 Å². The molecule has 0 saturated heterocycles. The highest BCUT2D eigenvalue weighted by atomic mass is 79.9. The molecule has 0 aliphatic heterocycles. The summed E-state index contributed by atoms with van der Waals surface area (Å²) in [7, 11) is 0. The van der Waals surface area contributed by atoms with Gasteiger partial charge in [0.05, 0.1) is 17.8 Å². The molecule has 2 aromatic carbocycles. The van der Waals surface area contributed by atoms with E-state index in [1.807, 2.05) is 61.0 Å². The molecule has 0 spiro atoms. The van der Waals surface area contributed by atoms with Gasteiger partial charge in [-0.3, -0.25) is 9.59 Å². The van der Waals surface area contributed by atoms with E-state index in [1.165, 1.54) is 23.5 Å². The van der Waals surface area contributed by atoms with Gasteiger partial charge in [0.25, 0.3) is 0 Å². The zero-order chi connectivity index (χ0) is 25.0. The number of hydrogen-bond acceptors (Lipinski definition) is 8. The van der Waals surface area contributed by atoms with Gasteiger partial charge in [-0.05, 0) is 24.6 Å². The number of rotatable bonds is 8. The fourth-order valence-corrected chi connectivity index (χ4v) is 4.20. The van der Waals surface area contributed by atoms with E-state index in [0.717, 1.165) is 11.3 Å². The van der Waals surface area contributed by atoms with Crippen LogP contribution in [0.2, 0.25) is 0 Å². The number of carbonyl (C=O) groups is 2. The average molecular weight is 648 g/mol. The number of Topliss-reactive ketones (excluding diaryl/α,β-unsaturated/α-hetero) is 2. The van der Waals surface area contributed by atoms with Gasteiger partial charge in [-0.15, -0.1) is 17.0 Å². The first kappa shape index (κ1) is 29.8. The second-order valence-electron chi connectivity index (χ2n) is 7.06. The van der Waals surface area contributed by atoms with Gasteiger partial charge in [-0.2, -0.15) is 0 Å². The van der Waals surface area contributed by atoms with E-state index >= 15 is 0 Å². The molecule has 4 aromatic rings. The maximum atomic E-state index is 12.2. The topological polar surface area (TPSA) is 85.7 Å². The normalized spacial score (nSPS) is 10.9. The Balaban J connectivity index is 0.000000247. The summed E-state index contributed by atoms with van der Waals surface area (Å²) < 4.78 is 0. The molecule has 0 amide bonds. The van der Waals surface area contributed by atoms with Crippen molar-refractivity contribution in [2.45, 2.75) is 21.6 Å². The third-order valence-electron chi connectivity index (χ3n) is 4.70. The number of alkyl halides is 1. The summed E-state index contributed by atoms with van der Waals surface area (Å²) in [4.78, 5) is 40.5. The molecule has 0 aliphatic carbocycles. The highest BCUT2D eigenvalue weighted by molar-refractivity contribution is 9.09. The standard InChI is InChI=1S/C13H11BrN2OS.C13H12N2OS.BrH/c1-18-13-15-8-7-10(16-13)11(14)12(17)9-5-3-2-4-6-9;1-17-13-14-8-7-11(15-13)9-12(16)10-5-3-2-4-6-10;/h2-8,11H,1H3;2-8H,9H2,1H3;1H. The molecular weight excluding hydrogens is 624 g/mol. The maximum absolute atomic E-state index is 12.2. The number of nitrogens with zero attached hydrogens (tertiary/aromatic N) is 4. The van der Waals surface area contributed by atoms with Gasteiger partial charge in [0.15, 0.2) is 21.9 Å². The number of thioether (sulfide) groups is 2. The number of benzene rings is 2. The molecule has 10 heteroatoms. The summed E-state index contributed by atoms with van der Waals surface area (Å²) in [6, 6.07) is 22.0. The van der Waals surface area contributed by atoms with E-state index in [9.17, 15) is 9.59 Å². The minimum atomic E-state index is -0.436. The molecule has 2 heterocycles. The Hall–Kier alpha value is -2.40. The molecule has 0 radical (unpaired) electrons. The van der Waals surface area contributed by atoms with Crippen molar-refractivity contribution in [1.82, 2.24) is 19.9 Å². The zero-order valence-electron chi connectivity index (χ0n) is 19.6. The molecule has 0 aliphatic rings. The van der Waals surface area contributed by atoms with Crippen LogP contribution in [-0.2, 0) is 6.42 Å². The van der Waals surface area contributed by atoms with Crippen molar-refractivity contribution in [1.29, 1.82) is 0 Å². The van der Waals surface area contributed by atoms with Gasteiger partial charge in [-0.1, -0.05) is 100 Å². The Bertz CT molecular complexity index is 1270.